The largest absolute Gasteiger partial charge is 0.379 e. The number of hydrogen-bond donors (Lipinski definition) is 1. The van der Waals surface area contributed by atoms with Crippen molar-refractivity contribution in [1.29, 1.82) is 0 Å². The molecular weight excluding hydrogens is 759 g/mol. The van der Waals surface area contributed by atoms with Crippen molar-refractivity contribution in [3.63, 3.8) is 0 Å². The quantitative estimate of drug-likeness (QED) is 0.0619. The molecule has 0 fully saturated rings. The Balaban J connectivity index is 4.08. The van der Waals surface area contributed by atoms with Gasteiger partial charge < -0.3 is 19.9 Å². The highest BCUT2D eigenvalue weighted by atomic mass is 16.5. The minimum atomic E-state index is -0.556. The zero-order valence-corrected chi connectivity index (χ0v) is 43.5. The van der Waals surface area contributed by atoms with Crippen molar-refractivity contribution in [1.82, 2.24) is 0 Å². The molecule has 0 radical (unpaired) electrons. The van der Waals surface area contributed by atoms with Crippen LogP contribution in [0.1, 0.15) is 329 Å². The lowest BCUT2D eigenvalue weighted by molar-refractivity contribution is -0.0245. The molecule has 0 aromatic carbocycles. The van der Waals surface area contributed by atoms with Crippen LogP contribution < -0.4 is 5.73 Å². The second kappa shape index (κ2) is 55.2. The van der Waals surface area contributed by atoms with Gasteiger partial charge in [0.15, 0.2) is 0 Å². The number of ether oxygens (including phenoxy) is 3. The molecule has 374 valence electrons. The van der Waals surface area contributed by atoms with Crippen LogP contribution in [0, 0.1) is 0 Å². The second-order valence-corrected chi connectivity index (χ2v) is 20.4. The minimum absolute atomic E-state index is 0.531. The molecule has 0 saturated carbocycles. The maximum absolute atomic E-state index is 6.94. The SMILES string of the molecule is CCCCCCCCCCCCCCCCCCOCC(N)(COCCCCCCCCCCCCCCCCCC)COCCCCCCCCCCCCCCCCCC. The molecule has 0 rings (SSSR count). The fraction of sp³-hybridized carbons (Fsp3) is 1.00. The summed E-state index contributed by atoms with van der Waals surface area (Å²) in [7, 11) is 0. The predicted octanol–water partition coefficient (Wildman–Crippen LogP) is 19.5. The first-order chi connectivity index (χ1) is 30.7. The highest BCUT2D eigenvalue weighted by Gasteiger charge is 2.26. The van der Waals surface area contributed by atoms with E-state index in [-0.39, 0.29) is 0 Å². The van der Waals surface area contributed by atoms with Gasteiger partial charge in [-0.3, -0.25) is 0 Å². The average molecular weight is 879 g/mol. The molecule has 0 aliphatic heterocycles. The van der Waals surface area contributed by atoms with Crippen LogP contribution in [0.5, 0.6) is 0 Å². The van der Waals surface area contributed by atoms with Gasteiger partial charge in [0.2, 0.25) is 0 Å². The Morgan fingerprint density at radius 2 is 0.339 bits per heavy atom. The minimum Gasteiger partial charge on any atom is -0.379 e. The van der Waals surface area contributed by atoms with E-state index in [9.17, 15) is 0 Å². The van der Waals surface area contributed by atoms with E-state index >= 15 is 0 Å². The van der Waals surface area contributed by atoms with Crippen molar-refractivity contribution in [2.24, 2.45) is 5.73 Å². The van der Waals surface area contributed by atoms with E-state index < -0.39 is 5.54 Å². The molecule has 0 spiro atoms. The number of hydrogen-bond acceptors (Lipinski definition) is 4. The average Bonchev–Trinajstić information content (AvgIpc) is 3.28. The maximum atomic E-state index is 6.94. The normalized spacial score (nSPS) is 12.0. The van der Waals surface area contributed by atoms with Crippen LogP contribution >= 0.6 is 0 Å². The Morgan fingerprint density at radius 3 is 0.484 bits per heavy atom. The van der Waals surface area contributed by atoms with Crippen molar-refractivity contribution in [3.05, 3.63) is 0 Å². The van der Waals surface area contributed by atoms with E-state index in [2.05, 4.69) is 20.8 Å². The van der Waals surface area contributed by atoms with E-state index in [0.717, 1.165) is 39.1 Å². The van der Waals surface area contributed by atoms with Crippen molar-refractivity contribution in [2.45, 2.75) is 335 Å². The smallest absolute Gasteiger partial charge is 0.0865 e. The Labute approximate surface area is 392 Å². The molecule has 0 heterocycles. The highest BCUT2D eigenvalue weighted by Crippen LogP contribution is 2.17. The van der Waals surface area contributed by atoms with Gasteiger partial charge in [-0.15, -0.1) is 0 Å². The van der Waals surface area contributed by atoms with Crippen LogP contribution in [0.2, 0.25) is 0 Å². The molecule has 0 bridgehead atoms. The Bertz CT molecular complexity index is 678. The van der Waals surface area contributed by atoms with E-state index in [0.29, 0.717) is 19.8 Å². The third kappa shape index (κ3) is 52.5. The standard InChI is InChI=1S/C58H119NO3/c1-4-7-10-13-16-19-22-25-28-31-34-37-40-43-46-49-52-60-55-58(59,56-61-53-50-47-44-41-38-35-32-29-26-23-20-17-14-11-8-5-2)57-62-54-51-48-45-42-39-36-33-30-27-24-21-18-15-12-9-6-3/h4-57,59H2,1-3H3. The molecule has 0 amide bonds. The van der Waals surface area contributed by atoms with Crippen LogP contribution in [-0.2, 0) is 14.2 Å². The molecule has 0 unspecified atom stereocenters. The van der Waals surface area contributed by atoms with Crippen LogP contribution in [0.25, 0.3) is 0 Å². The van der Waals surface area contributed by atoms with Gasteiger partial charge in [-0.25, -0.2) is 0 Å². The molecule has 0 aliphatic rings. The highest BCUT2D eigenvalue weighted by molar-refractivity contribution is 4.84. The summed E-state index contributed by atoms with van der Waals surface area (Å²) >= 11 is 0. The van der Waals surface area contributed by atoms with E-state index in [4.69, 9.17) is 19.9 Å². The lowest BCUT2D eigenvalue weighted by Crippen LogP contribution is -2.53. The number of rotatable bonds is 57. The van der Waals surface area contributed by atoms with Gasteiger partial charge in [-0.1, -0.05) is 310 Å². The van der Waals surface area contributed by atoms with Crippen molar-refractivity contribution < 1.29 is 14.2 Å². The zero-order chi connectivity index (χ0) is 44.8. The first kappa shape index (κ1) is 61.8. The Hall–Kier alpha value is -0.160. The lowest BCUT2D eigenvalue weighted by atomic mass is 10.0. The molecule has 4 heteroatoms. The summed E-state index contributed by atoms with van der Waals surface area (Å²) in [6, 6.07) is 0. The van der Waals surface area contributed by atoms with E-state index in [1.165, 1.54) is 289 Å². The third-order valence-corrected chi connectivity index (χ3v) is 13.6. The molecule has 0 aromatic rings. The number of unbranched alkanes of at least 4 members (excludes halogenated alkanes) is 45. The molecular formula is C58H119NO3. The monoisotopic (exact) mass is 878 g/mol. The van der Waals surface area contributed by atoms with Crippen LogP contribution in [0.3, 0.4) is 0 Å². The van der Waals surface area contributed by atoms with Crippen molar-refractivity contribution in [3.8, 4) is 0 Å². The maximum Gasteiger partial charge on any atom is 0.0865 e. The molecule has 2 N–H and O–H groups in total. The Kier molecular flexibility index (Phi) is 55.0. The summed E-state index contributed by atoms with van der Waals surface area (Å²) in [5.74, 6) is 0. The summed E-state index contributed by atoms with van der Waals surface area (Å²) in [6.07, 6.45) is 66.8. The van der Waals surface area contributed by atoms with Gasteiger partial charge in [-0.05, 0) is 19.3 Å². The number of nitrogens with two attached hydrogens (primary N) is 1. The van der Waals surface area contributed by atoms with Crippen LogP contribution in [0.15, 0.2) is 0 Å². The lowest BCUT2D eigenvalue weighted by Gasteiger charge is -2.29. The first-order valence-corrected chi connectivity index (χ1v) is 29.2. The molecule has 0 atom stereocenters. The molecule has 0 aliphatic carbocycles. The van der Waals surface area contributed by atoms with Gasteiger partial charge in [0, 0.05) is 19.8 Å². The second-order valence-electron chi connectivity index (χ2n) is 20.4. The van der Waals surface area contributed by atoms with E-state index in [1.54, 1.807) is 0 Å². The zero-order valence-electron chi connectivity index (χ0n) is 43.5. The molecule has 62 heavy (non-hydrogen) atoms. The fourth-order valence-electron chi connectivity index (χ4n) is 9.21. The summed E-state index contributed by atoms with van der Waals surface area (Å²) < 4.78 is 18.6. The fourth-order valence-corrected chi connectivity index (χ4v) is 9.21. The summed E-state index contributed by atoms with van der Waals surface area (Å²) in [5, 5.41) is 0. The van der Waals surface area contributed by atoms with Gasteiger partial charge in [0.1, 0.15) is 0 Å². The van der Waals surface area contributed by atoms with Gasteiger partial charge in [0.05, 0.1) is 25.4 Å². The predicted molar refractivity (Wildman–Crippen MR) is 278 cm³/mol. The van der Waals surface area contributed by atoms with Crippen LogP contribution in [0.4, 0.5) is 0 Å². The van der Waals surface area contributed by atoms with E-state index in [1.807, 2.05) is 0 Å². The Morgan fingerprint density at radius 1 is 0.210 bits per heavy atom. The third-order valence-electron chi connectivity index (χ3n) is 13.6. The van der Waals surface area contributed by atoms with Gasteiger partial charge >= 0.3 is 0 Å². The first-order valence-electron chi connectivity index (χ1n) is 29.2. The van der Waals surface area contributed by atoms with Gasteiger partial charge in [0.25, 0.3) is 0 Å². The topological polar surface area (TPSA) is 53.7 Å². The summed E-state index contributed by atoms with van der Waals surface area (Å²) in [4.78, 5) is 0. The molecule has 0 saturated heterocycles. The summed E-state index contributed by atoms with van der Waals surface area (Å²) in [5.41, 5.74) is 6.38. The van der Waals surface area contributed by atoms with Crippen molar-refractivity contribution >= 4 is 0 Å². The molecule has 0 aromatic heterocycles. The van der Waals surface area contributed by atoms with Crippen LogP contribution in [-0.4, -0.2) is 45.2 Å². The molecule has 4 nitrogen and oxygen atoms in total. The van der Waals surface area contributed by atoms with Crippen molar-refractivity contribution in [2.75, 3.05) is 39.6 Å². The van der Waals surface area contributed by atoms with Gasteiger partial charge in [-0.2, -0.15) is 0 Å². The summed E-state index contributed by atoms with van der Waals surface area (Å²) in [6.45, 7) is 10.9.